The smallest absolute Gasteiger partial charge is 0.235 e. The molecule has 0 bridgehead atoms. The van der Waals surface area contributed by atoms with E-state index in [0.29, 0.717) is 5.02 Å². The summed E-state index contributed by atoms with van der Waals surface area (Å²) >= 11 is 6.23. The highest BCUT2D eigenvalue weighted by Gasteiger charge is 2.39. The normalized spacial score (nSPS) is 17.1. The molecule has 2 rings (SSSR count). The van der Waals surface area contributed by atoms with Crippen LogP contribution in [0.2, 0.25) is 5.02 Å². The van der Waals surface area contributed by atoms with Crippen LogP contribution in [-0.2, 0) is 10.3 Å². The van der Waals surface area contributed by atoms with Gasteiger partial charge in [-0.1, -0.05) is 38.3 Å². The zero-order valence-electron chi connectivity index (χ0n) is 12.2. The van der Waals surface area contributed by atoms with Crippen LogP contribution in [-0.4, -0.2) is 13.2 Å². The van der Waals surface area contributed by atoms with Gasteiger partial charge in [0, 0.05) is 10.6 Å². The van der Waals surface area contributed by atoms with Crippen molar-refractivity contribution >= 4 is 17.7 Å². The first-order chi connectivity index (χ1) is 9.54. The molecule has 0 aliphatic heterocycles. The number of isocyanates is 1. The maximum absolute atomic E-state index is 10.9. The van der Waals surface area contributed by atoms with E-state index in [9.17, 15) is 4.79 Å². The van der Waals surface area contributed by atoms with Gasteiger partial charge < -0.3 is 4.74 Å². The van der Waals surface area contributed by atoms with Gasteiger partial charge >= 0.3 is 0 Å². The third kappa shape index (κ3) is 2.61. The minimum absolute atomic E-state index is 0.275. The van der Waals surface area contributed by atoms with E-state index >= 15 is 0 Å². The van der Waals surface area contributed by atoms with E-state index in [-0.39, 0.29) is 5.92 Å². The van der Waals surface area contributed by atoms with Gasteiger partial charge in [-0.15, -0.1) is 0 Å². The van der Waals surface area contributed by atoms with Crippen LogP contribution in [0.3, 0.4) is 0 Å². The molecule has 1 saturated carbocycles. The van der Waals surface area contributed by atoms with Gasteiger partial charge in [0.15, 0.2) is 0 Å². The molecule has 1 aliphatic rings. The number of nitrogens with zero attached hydrogens (tertiary/aromatic N) is 1. The van der Waals surface area contributed by atoms with Crippen LogP contribution in [0, 0.1) is 0 Å². The van der Waals surface area contributed by atoms with Gasteiger partial charge in [-0.25, -0.2) is 4.79 Å². The Morgan fingerprint density at radius 1 is 1.35 bits per heavy atom. The van der Waals surface area contributed by atoms with Gasteiger partial charge in [-0.3, -0.25) is 0 Å². The molecule has 0 radical (unpaired) electrons. The minimum Gasteiger partial charge on any atom is -0.496 e. The summed E-state index contributed by atoms with van der Waals surface area (Å²) in [6, 6.07) is 3.76. The predicted molar refractivity (Wildman–Crippen MR) is 80.4 cm³/mol. The Morgan fingerprint density at radius 2 is 2.00 bits per heavy atom. The first-order valence-electron chi connectivity index (χ1n) is 7.01. The fourth-order valence-corrected chi connectivity index (χ4v) is 3.44. The van der Waals surface area contributed by atoms with Crippen LogP contribution in [0.4, 0.5) is 0 Å². The highest BCUT2D eigenvalue weighted by atomic mass is 35.5. The first kappa shape index (κ1) is 15.1. The average Bonchev–Trinajstić information content (AvgIpc) is 2.87. The molecule has 0 aromatic heterocycles. The first-order valence-corrected chi connectivity index (χ1v) is 7.39. The molecule has 20 heavy (non-hydrogen) atoms. The summed E-state index contributed by atoms with van der Waals surface area (Å²) in [4.78, 5) is 15.1. The number of rotatable bonds is 4. The number of aliphatic imine (C=N–C) groups is 1. The molecule has 1 aliphatic carbocycles. The highest BCUT2D eigenvalue weighted by Crippen LogP contribution is 2.48. The second-order valence-electron chi connectivity index (χ2n) is 5.67. The zero-order chi connectivity index (χ0) is 14.8. The quantitative estimate of drug-likeness (QED) is 0.602. The Kier molecular flexibility index (Phi) is 4.52. The molecule has 1 aromatic rings. The van der Waals surface area contributed by atoms with Crippen molar-refractivity contribution in [2.45, 2.75) is 51.0 Å². The summed E-state index contributed by atoms with van der Waals surface area (Å²) in [6.07, 6.45) is 5.63. The summed E-state index contributed by atoms with van der Waals surface area (Å²) < 4.78 is 5.49. The fraction of sp³-hybridized carbons (Fsp3) is 0.562. The summed E-state index contributed by atoms with van der Waals surface area (Å²) in [5, 5.41) is 0.619. The molecule has 0 saturated heterocycles. The molecule has 0 heterocycles. The third-order valence-corrected chi connectivity index (χ3v) is 4.31. The fourth-order valence-electron chi connectivity index (χ4n) is 3.23. The van der Waals surface area contributed by atoms with Crippen molar-refractivity contribution in [3.05, 3.63) is 28.3 Å². The number of benzene rings is 1. The van der Waals surface area contributed by atoms with Gasteiger partial charge in [-0.05, 0) is 36.5 Å². The van der Waals surface area contributed by atoms with E-state index in [1.165, 1.54) is 0 Å². The van der Waals surface area contributed by atoms with Gasteiger partial charge in [-0.2, -0.15) is 4.99 Å². The zero-order valence-corrected chi connectivity index (χ0v) is 13.0. The van der Waals surface area contributed by atoms with Crippen LogP contribution in [0.25, 0.3) is 0 Å². The lowest BCUT2D eigenvalue weighted by molar-refractivity contribution is 0.398. The molecule has 0 amide bonds. The van der Waals surface area contributed by atoms with E-state index in [1.54, 1.807) is 13.2 Å². The van der Waals surface area contributed by atoms with Crippen molar-refractivity contribution in [3.63, 3.8) is 0 Å². The molecule has 4 heteroatoms. The standard InChI is InChI=1S/C16H20ClNO2/c1-11(2)15-13(8-12(17)9-14(15)20-3)16(18-10-19)6-4-5-7-16/h8-9,11H,4-7H2,1-3H3. The van der Waals surface area contributed by atoms with Crippen molar-refractivity contribution in [1.29, 1.82) is 0 Å². The van der Waals surface area contributed by atoms with Crippen LogP contribution in [0.1, 0.15) is 56.6 Å². The maximum Gasteiger partial charge on any atom is 0.235 e. The summed E-state index contributed by atoms with van der Waals surface area (Å²) in [5.41, 5.74) is 1.65. The minimum atomic E-state index is -0.473. The number of hydrogen-bond acceptors (Lipinski definition) is 3. The molecule has 1 aromatic carbocycles. The van der Waals surface area contributed by atoms with Crippen LogP contribution >= 0.6 is 11.6 Å². The Bertz CT molecular complexity index is 542. The van der Waals surface area contributed by atoms with Crippen LogP contribution in [0.5, 0.6) is 5.75 Å². The lowest BCUT2D eigenvalue weighted by Crippen LogP contribution is -2.22. The Labute approximate surface area is 125 Å². The van der Waals surface area contributed by atoms with Crippen molar-refractivity contribution in [1.82, 2.24) is 0 Å². The molecule has 108 valence electrons. The second-order valence-corrected chi connectivity index (χ2v) is 6.10. The third-order valence-electron chi connectivity index (χ3n) is 4.10. The summed E-state index contributed by atoms with van der Waals surface area (Å²) in [7, 11) is 1.64. The number of ether oxygens (including phenoxy) is 1. The van der Waals surface area contributed by atoms with Crippen LogP contribution in [0.15, 0.2) is 17.1 Å². The van der Waals surface area contributed by atoms with Gasteiger partial charge in [0.2, 0.25) is 6.08 Å². The molecule has 0 atom stereocenters. The van der Waals surface area contributed by atoms with Gasteiger partial charge in [0.25, 0.3) is 0 Å². The SMILES string of the molecule is COc1cc(Cl)cc(C2(N=C=O)CCCC2)c1C(C)C. The summed E-state index contributed by atoms with van der Waals surface area (Å²) in [6.45, 7) is 4.23. The molecule has 0 unspecified atom stereocenters. The number of hydrogen-bond donors (Lipinski definition) is 0. The lowest BCUT2D eigenvalue weighted by Gasteiger charge is -2.28. The lowest BCUT2D eigenvalue weighted by atomic mass is 9.81. The van der Waals surface area contributed by atoms with Crippen molar-refractivity contribution in [3.8, 4) is 5.75 Å². The molecular formula is C16H20ClNO2. The highest BCUT2D eigenvalue weighted by molar-refractivity contribution is 6.30. The Hall–Kier alpha value is -1.31. The number of carbonyl (C=O) groups excluding carboxylic acids is 1. The Balaban J connectivity index is 2.70. The summed E-state index contributed by atoms with van der Waals surface area (Å²) in [5.74, 6) is 1.05. The van der Waals surface area contributed by atoms with E-state index in [0.717, 1.165) is 42.6 Å². The number of halogens is 1. The van der Waals surface area contributed by atoms with Crippen molar-refractivity contribution < 1.29 is 9.53 Å². The van der Waals surface area contributed by atoms with Gasteiger partial charge in [0.05, 0.1) is 12.6 Å². The maximum atomic E-state index is 10.9. The van der Waals surface area contributed by atoms with Crippen LogP contribution < -0.4 is 4.74 Å². The van der Waals surface area contributed by atoms with Crippen molar-refractivity contribution in [2.24, 2.45) is 4.99 Å². The monoisotopic (exact) mass is 293 g/mol. The average molecular weight is 294 g/mol. The van der Waals surface area contributed by atoms with E-state index in [2.05, 4.69) is 18.8 Å². The molecule has 0 N–H and O–H groups in total. The number of methoxy groups -OCH3 is 1. The molecule has 0 spiro atoms. The predicted octanol–water partition coefficient (Wildman–Crippen LogP) is 4.58. The van der Waals surface area contributed by atoms with Gasteiger partial charge in [0.1, 0.15) is 5.75 Å². The van der Waals surface area contributed by atoms with E-state index < -0.39 is 5.54 Å². The van der Waals surface area contributed by atoms with Crippen molar-refractivity contribution in [2.75, 3.05) is 7.11 Å². The molecule has 3 nitrogen and oxygen atoms in total. The largest absolute Gasteiger partial charge is 0.496 e. The van der Waals surface area contributed by atoms with E-state index in [1.807, 2.05) is 12.1 Å². The van der Waals surface area contributed by atoms with E-state index in [4.69, 9.17) is 16.3 Å². The molecule has 1 fully saturated rings. The Morgan fingerprint density at radius 3 is 2.50 bits per heavy atom. The topological polar surface area (TPSA) is 38.7 Å². The molecular weight excluding hydrogens is 274 g/mol. The second kappa shape index (κ2) is 5.99.